The predicted molar refractivity (Wildman–Crippen MR) is 195 cm³/mol. The van der Waals surface area contributed by atoms with E-state index in [9.17, 15) is 19.5 Å². The van der Waals surface area contributed by atoms with Crippen molar-refractivity contribution < 1.29 is 19.4 Å². The SMILES string of the molecule is Cn1c(=O)n(C2CCC(=O)NC2=O)c2ccc(CCCCOc3ccc(CN4CCN(c5cc(-c6ccccc6O)nnc5N)CC4)cc3)cc21. The average molecular weight is 691 g/mol. The van der Waals surface area contributed by atoms with Crippen molar-refractivity contribution in [2.45, 2.75) is 44.7 Å². The molecule has 0 spiro atoms. The molecule has 13 heteroatoms. The van der Waals surface area contributed by atoms with Crippen LogP contribution in [0.2, 0.25) is 0 Å². The number of unbranched alkanes of at least 4 members (excludes halogenated alkanes) is 1. The van der Waals surface area contributed by atoms with E-state index in [1.54, 1.807) is 23.7 Å². The van der Waals surface area contributed by atoms with Gasteiger partial charge in [0.25, 0.3) is 0 Å². The van der Waals surface area contributed by atoms with Gasteiger partial charge >= 0.3 is 5.69 Å². The first-order valence-corrected chi connectivity index (χ1v) is 17.4. The Labute approximate surface area is 295 Å². The molecule has 2 aliphatic heterocycles. The monoisotopic (exact) mass is 690 g/mol. The molecule has 5 aromatic rings. The summed E-state index contributed by atoms with van der Waals surface area (Å²) in [6, 6.07) is 22.5. The zero-order chi connectivity index (χ0) is 35.5. The molecule has 4 heterocycles. The van der Waals surface area contributed by atoms with Gasteiger partial charge in [-0.1, -0.05) is 30.3 Å². The summed E-state index contributed by atoms with van der Waals surface area (Å²) in [6.45, 7) is 4.80. The zero-order valence-electron chi connectivity index (χ0n) is 28.6. The van der Waals surface area contributed by atoms with Crippen molar-refractivity contribution in [3.8, 4) is 22.8 Å². The lowest BCUT2D eigenvalue weighted by molar-refractivity contribution is -0.135. The maximum absolute atomic E-state index is 13.0. The summed E-state index contributed by atoms with van der Waals surface area (Å²) in [4.78, 5) is 41.7. The van der Waals surface area contributed by atoms with Crippen LogP contribution in [-0.4, -0.2) is 73.9 Å². The maximum atomic E-state index is 13.0. The number of fused-ring (bicyclic) bond motifs is 1. The molecule has 7 rings (SSSR count). The van der Waals surface area contributed by atoms with Crippen LogP contribution in [0.15, 0.2) is 77.6 Å². The number of anilines is 2. The number of aryl methyl sites for hydroxylation is 2. The van der Waals surface area contributed by atoms with E-state index in [1.807, 2.05) is 48.5 Å². The van der Waals surface area contributed by atoms with Gasteiger partial charge in [-0.25, -0.2) is 4.79 Å². The number of phenolic OH excluding ortho intramolecular Hbond substituents is 1. The summed E-state index contributed by atoms with van der Waals surface area (Å²) in [5.74, 6) is 0.654. The van der Waals surface area contributed by atoms with Gasteiger partial charge in [-0.15, -0.1) is 10.2 Å². The molecule has 51 heavy (non-hydrogen) atoms. The van der Waals surface area contributed by atoms with E-state index in [-0.39, 0.29) is 23.8 Å². The van der Waals surface area contributed by atoms with E-state index in [0.717, 1.165) is 74.5 Å². The number of piperidine rings is 1. The van der Waals surface area contributed by atoms with E-state index < -0.39 is 11.9 Å². The molecule has 13 nitrogen and oxygen atoms in total. The van der Waals surface area contributed by atoms with E-state index >= 15 is 0 Å². The Morgan fingerprint density at radius 3 is 2.43 bits per heavy atom. The number of hydrogen-bond donors (Lipinski definition) is 3. The van der Waals surface area contributed by atoms with Crippen molar-refractivity contribution in [1.82, 2.24) is 29.5 Å². The first kappa shape index (κ1) is 33.8. The lowest BCUT2D eigenvalue weighted by Gasteiger charge is -2.36. The molecule has 2 fully saturated rings. The van der Waals surface area contributed by atoms with Gasteiger partial charge in [0.05, 0.1) is 29.0 Å². The molecule has 2 amide bonds. The van der Waals surface area contributed by atoms with Crippen LogP contribution in [0.1, 0.15) is 42.9 Å². The number of rotatable bonds is 11. The third-order valence-electron chi connectivity index (χ3n) is 9.83. The van der Waals surface area contributed by atoms with E-state index in [4.69, 9.17) is 10.5 Å². The minimum atomic E-state index is -0.684. The van der Waals surface area contributed by atoms with Gasteiger partial charge in [-0.3, -0.25) is 28.9 Å². The van der Waals surface area contributed by atoms with Crippen LogP contribution < -0.4 is 26.4 Å². The highest BCUT2D eigenvalue weighted by molar-refractivity contribution is 6.00. The highest BCUT2D eigenvalue weighted by Gasteiger charge is 2.31. The van der Waals surface area contributed by atoms with Crippen molar-refractivity contribution in [1.29, 1.82) is 0 Å². The highest BCUT2D eigenvalue weighted by atomic mass is 16.5. The third-order valence-corrected chi connectivity index (χ3v) is 9.83. The van der Waals surface area contributed by atoms with Crippen LogP contribution in [0.4, 0.5) is 11.5 Å². The maximum Gasteiger partial charge on any atom is 0.329 e. The number of phenols is 1. The van der Waals surface area contributed by atoms with Crippen LogP contribution in [-0.2, 0) is 29.6 Å². The first-order valence-electron chi connectivity index (χ1n) is 17.4. The van der Waals surface area contributed by atoms with E-state index in [0.29, 0.717) is 35.6 Å². The topological polar surface area (TPSA) is 161 Å². The number of nitrogen functional groups attached to an aromatic ring is 1. The number of ether oxygens (including phenoxy) is 1. The quantitative estimate of drug-likeness (QED) is 0.137. The standard InChI is InChI=1S/C38H42N8O5/c1-43-32-22-25(11-14-30(32)46(38(43)50)31-15-16-35(48)40-37(31)49)6-4-5-21-51-27-12-9-26(10-13-27)24-44-17-19-45(20-18-44)33-23-29(41-42-36(33)39)28-7-2-3-8-34(28)47/h2-3,7-14,22-23,31,47H,4-6,15-21,24H2,1H3,(H2,39,42)(H,40,48,49). The minimum absolute atomic E-state index is 0.159. The van der Waals surface area contributed by atoms with Gasteiger partial charge < -0.3 is 20.5 Å². The number of nitrogens with one attached hydrogen (secondary N) is 1. The Bertz CT molecular complexity index is 2120. The fourth-order valence-electron chi connectivity index (χ4n) is 6.98. The molecule has 2 aliphatic rings. The second kappa shape index (κ2) is 14.7. The van der Waals surface area contributed by atoms with E-state index in [2.05, 4.69) is 37.4 Å². The fourth-order valence-corrected chi connectivity index (χ4v) is 6.98. The summed E-state index contributed by atoms with van der Waals surface area (Å²) in [6.07, 6.45) is 3.18. The number of hydrogen-bond acceptors (Lipinski definition) is 10. The smallest absolute Gasteiger partial charge is 0.329 e. The number of carbonyl (C=O) groups is 2. The molecule has 2 saturated heterocycles. The number of amides is 2. The summed E-state index contributed by atoms with van der Waals surface area (Å²) in [5, 5.41) is 21.0. The number of benzene rings is 3. The predicted octanol–water partition coefficient (Wildman–Crippen LogP) is 3.79. The lowest BCUT2D eigenvalue weighted by Crippen LogP contribution is -2.46. The van der Waals surface area contributed by atoms with Crippen molar-refractivity contribution in [3.05, 3.63) is 94.4 Å². The number of piperazine rings is 1. The fraction of sp³-hybridized carbons (Fsp3) is 0.342. The number of nitrogens with zero attached hydrogens (tertiary/aromatic N) is 6. The molecule has 0 saturated carbocycles. The number of nitrogens with two attached hydrogens (primary N) is 1. The normalized spacial score (nSPS) is 16.8. The zero-order valence-corrected chi connectivity index (χ0v) is 28.6. The molecular weight excluding hydrogens is 648 g/mol. The molecule has 4 N–H and O–H groups in total. The van der Waals surface area contributed by atoms with Crippen molar-refractivity contribution in [2.24, 2.45) is 7.05 Å². The van der Waals surface area contributed by atoms with Gasteiger partial charge in [0.2, 0.25) is 11.8 Å². The van der Waals surface area contributed by atoms with Gasteiger partial charge in [-0.05, 0) is 79.3 Å². The first-order chi connectivity index (χ1) is 24.7. The van der Waals surface area contributed by atoms with E-state index in [1.165, 1.54) is 10.1 Å². The van der Waals surface area contributed by atoms with Gasteiger partial charge in [0, 0.05) is 51.8 Å². The molecule has 0 aliphatic carbocycles. The molecule has 264 valence electrons. The Morgan fingerprint density at radius 1 is 0.902 bits per heavy atom. The highest BCUT2D eigenvalue weighted by Crippen LogP contribution is 2.32. The third kappa shape index (κ3) is 7.29. The molecular formula is C38H42N8O5. The van der Waals surface area contributed by atoms with Gasteiger partial charge in [-0.2, -0.15) is 0 Å². The largest absolute Gasteiger partial charge is 0.507 e. The summed E-state index contributed by atoms with van der Waals surface area (Å²) < 4.78 is 9.11. The van der Waals surface area contributed by atoms with Crippen molar-refractivity contribution in [3.63, 3.8) is 0 Å². The molecule has 3 aromatic carbocycles. The number of aromatic nitrogens is 4. The Kier molecular flexibility index (Phi) is 9.71. The van der Waals surface area contributed by atoms with Crippen LogP contribution in [0.25, 0.3) is 22.3 Å². The molecule has 1 atom stereocenters. The van der Waals surface area contributed by atoms with Crippen LogP contribution >= 0.6 is 0 Å². The molecule has 2 aromatic heterocycles. The van der Waals surface area contributed by atoms with Gasteiger partial charge in [0.15, 0.2) is 5.82 Å². The molecule has 0 bridgehead atoms. The number of aromatic hydroxyl groups is 1. The number of para-hydroxylation sites is 1. The van der Waals surface area contributed by atoms with Crippen LogP contribution in [0.3, 0.4) is 0 Å². The Morgan fingerprint density at radius 2 is 1.67 bits per heavy atom. The lowest BCUT2D eigenvalue weighted by atomic mass is 10.0. The Hall–Kier alpha value is -5.69. The van der Waals surface area contributed by atoms with Crippen molar-refractivity contribution in [2.75, 3.05) is 43.4 Å². The van der Waals surface area contributed by atoms with Crippen LogP contribution in [0, 0.1) is 0 Å². The molecule has 0 radical (unpaired) electrons. The number of imide groups is 1. The second-order valence-electron chi connectivity index (χ2n) is 13.2. The average Bonchev–Trinajstić information content (AvgIpc) is 3.38. The summed E-state index contributed by atoms with van der Waals surface area (Å²) >= 11 is 0. The van der Waals surface area contributed by atoms with Crippen molar-refractivity contribution >= 4 is 34.4 Å². The van der Waals surface area contributed by atoms with Crippen LogP contribution in [0.5, 0.6) is 11.5 Å². The van der Waals surface area contributed by atoms with Gasteiger partial charge in [0.1, 0.15) is 17.5 Å². The summed E-state index contributed by atoms with van der Waals surface area (Å²) in [5.41, 5.74) is 11.8. The second-order valence-corrected chi connectivity index (χ2v) is 13.2. The minimum Gasteiger partial charge on any atom is -0.507 e. The Balaban J connectivity index is 0.860. The summed E-state index contributed by atoms with van der Waals surface area (Å²) in [7, 11) is 1.71. The number of carbonyl (C=O) groups excluding carboxylic acids is 2. The number of imidazole rings is 1. The molecule has 1 unspecified atom stereocenters.